The van der Waals surface area contributed by atoms with Crippen LogP contribution in [0.5, 0.6) is 11.5 Å². The minimum absolute atomic E-state index is 0.151. The van der Waals surface area contributed by atoms with Crippen molar-refractivity contribution < 1.29 is 19.1 Å². The zero-order valence-electron chi connectivity index (χ0n) is 14.7. The number of nitrogens with zero attached hydrogens (tertiary/aromatic N) is 2. The zero-order chi connectivity index (χ0) is 18.0. The van der Waals surface area contributed by atoms with Crippen LogP contribution in [-0.4, -0.2) is 37.3 Å². The number of carbonyl (C=O) groups is 2. The lowest BCUT2D eigenvalue weighted by Gasteiger charge is -2.37. The van der Waals surface area contributed by atoms with E-state index in [1.165, 1.54) is 6.21 Å². The van der Waals surface area contributed by atoms with Gasteiger partial charge in [-0.15, -0.1) is 0 Å². The van der Waals surface area contributed by atoms with Crippen molar-refractivity contribution in [2.45, 2.75) is 6.42 Å². The molecule has 6 rings (SSSR count). The topological polar surface area (TPSA) is 68.2 Å². The quantitative estimate of drug-likeness (QED) is 0.473. The number of ether oxygens (including phenoxy) is 2. The van der Waals surface area contributed by atoms with Gasteiger partial charge < -0.3 is 9.47 Å². The fourth-order valence-corrected chi connectivity index (χ4v) is 5.11. The normalized spacial score (nSPS) is 36.5. The Morgan fingerprint density at radius 1 is 1.00 bits per heavy atom. The zero-order valence-corrected chi connectivity index (χ0v) is 14.7. The molecule has 0 unspecified atom stereocenters. The lowest BCUT2D eigenvalue weighted by molar-refractivity contribution is -0.140. The molecule has 6 atom stereocenters. The number of hydrogen-bond donors (Lipinski definition) is 0. The summed E-state index contributed by atoms with van der Waals surface area (Å²) in [5.41, 5.74) is 0.738. The molecule has 0 spiro atoms. The maximum Gasteiger partial charge on any atom is 0.254 e. The first kappa shape index (κ1) is 15.6. The van der Waals surface area contributed by atoms with E-state index in [1.54, 1.807) is 26.4 Å². The summed E-state index contributed by atoms with van der Waals surface area (Å²) in [5, 5.41) is 5.32. The maximum atomic E-state index is 12.9. The second kappa shape index (κ2) is 5.43. The third-order valence-electron chi connectivity index (χ3n) is 6.37. The van der Waals surface area contributed by atoms with Crippen molar-refractivity contribution in [1.29, 1.82) is 0 Å². The molecule has 0 aromatic heterocycles. The fraction of sp³-hybridized carbons (Fsp3) is 0.450. The van der Waals surface area contributed by atoms with Crippen molar-refractivity contribution in [3.8, 4) is 11.5 Å². The number of allylic oxidation sites excluding steroid dienone is 2. The average molecular weight is 352 g/mol. The minimum atomic E-state index is -0.219. The molecule has 3 fully saturated rings. The Labute approximate surface area is 151 Å². The average Bonchev–Trinajstić information content (AvgIpc) is 3.45. The van der Waals surface area contributed by atoms with Gasteiger partial charge >= 0.3 is 0 Å². The van der Waals surface area contributed by atoms with E-state index < -0.39 is 0 Å². The SMILES string of the molecule is COc1ccc(/C=N\N2C(=O)[C@@H]3[C@@H]4C=C[C@H]([C@@H]5C[C@H]45)[C@H]3C2=O)cc1OC. The highest BCUT2D eigenvalue weighted by atomic mass is 16.5. The molecule has 2 amide bonds. The first-order chi connectivity index (χ1) is 12.6. The van der Waals surface area contributed by atoms with Crippen LogP contribution < -0.4 is 9.47 Å². The Morgan fingerprint density at radius 3 is 2.19 bits per heavy atom. The van der Waals surface area contributed by atoms with E-state index in [4.69, 9.17) is 9.47 Å². The standard InChI is InChI=1S/C20H20N2O4/c1-25-15-6-3-10(7-16(15)26-2)9-21-22-19(23)17-11-4-5-12(14-8-13(11)14)18(17)20(22)24/h3-7,9,11-14,17-18H,8H2,1-2H3/b21-9-/t11-,12-,13-,14+,17-,18-/m1/s1. The maximum absolute atomic E-state index is 12.9. The molecule has 1 aromatic rings. The second-order valence-electron chi connectivity index (χ2n) is 7.50. The monoisotopic (exact) mass is 352 g/mol. The number of carbonyl (C=O) groups excluding carboxylic acids is 2. The van der Waals surface area contributed by atoms with Gasteiger partial charge in [0.15, 0.2) is 11.5 Å². The van der Waals surface area contributed by atoms with Gasteiger partial charge in [0, 0.05) is 0 Å². The highest BCUT2D eigenvalue weighted by Crippen LogP contribution is 2.65. The van der Waals surface area contributed by atoms with Crippen LogP contribution in [0.3, 0.4) is 0 Å². The Kier molecular flexibility index (Phi) is 3.26. The molecule has 26 heavy (non-hydrogen) atoms. The van der Waals surface area contributed by atoms with Crippen molar-refractivity contribution in [2.75, 3.05) is 14.2 Å². The number of hydrazone groups is 1. The molecule has 1 aromatic carbocycles. The Balaban J connectivity index is 1.41. The summed E-state index contributed by atoms with van der Waals surface area (Å²) in [6.45, 7) is 0. The van der Waals surface area contributed by atoms with E-state index in [9.17, 15) is 9.59 Å². The summed E-state index contributed by atoms with van der Waals surface area (Å²) in [6.07, 6.45) is 7.01. The van der Waals surface area contributed by atoms with Gasteiger partial charge in [0.1, 0.15) is 0 Å². The van der Waals surface area contributed by atoms with Gasteiger partial charge in [-0.05, 0) is 53.9 Å². The van der Waals surface area contributed by atoms with E-state index in [0.29, 0.717) is 23.3 Å². The van der Waals surface area contributed by atoms with Crippen LogP contribution in [0.1, 0.15) is 12.0 Å². The number of imide groups is 1. The van der Waals surface area contributed by atoms with Gasteiger partial charge in [0.25, 0.3) is 11.8 Å². The molecular weight excluding hydrogens is 332 g/mol. The van der Waals surface area contributed by atoms with Gasteiger partial charge in [-0.2, -0.15) is 10.1 Å². The van der Waals surface area contributed by atoms with Gasteiger partial charge in [-0.1, -0.05) is 12.2 Å². The number of rotatable bonds is 4. The van der Waals surface area contributed by atoms with E-state index in [2.05, 4.69) is 17.3 Å². The largest absolute Gasteiger partial charge is 0.493 e. The first-order valence-electron chi connectivity index (χ1n) is 8.96. The van der Waals surface area contributed by atoms with Crippen LogP contribution in [0.25, 0.3) is 0 Å². The van der Waals surface area contributed by atoms with Crippen LogP contribution in [0, 0.1) is 35.5 Å². The highest BCUT2D eigenvalue weighted by Gasteiger charge is 2.67. The summed E-state index contributed by atoms with van der Waals surface area (Å²) in [4.78, 5) is 25.7. The van der Waals surface area contributed by atoms with Gasteiger partial charge in [0.2, 0.25) is 0 Å². The molecule has 0 N–H and O–H groups in total. The molecule has 5 aliphatic rings. The lowest BCUT2D eigenvalue weighted by Crippen LogP contribution is -2.40. The molecule has 134 valence electrons. The number of hydrogen-bond acceptors (Lipinski definition) is 5. The number of benzene rings is 1. The smallest absolute Gasteiger partial charge is 0.254 e. The molecule has 0 radical (unpaired) electrons. The number of methoxy groups -OCH3 is 2. The summed E-state index contributed by atoms with van der Waals surface area (Å²) in [7, 11) is 3.13. The van der Waals surface area contributed by atoms with Gasteiger partial charge in [-0.25, -0.2) is 0 Å². The first-order valence-corrected chi connectivity index (χ1v) is 8.96. The Morgan fingerprint density at radius 2 is 1.62 bits per heavy atom. The molecule has 1 heterocycles. The van der Waals surface area contributed by atoms with Gasteiger partial charge in [-0.3, -0.25) is 9.59 Å². The van der Waals surface area contributed by atoms with Crippen molar-refractivity contribution in [2.24, 2.45) is 40.6 Å². The Bertz CT molecular complexity index is 825. The van der Waals surface area contributed by atoms with Crippen LogP contribution >= 0.6 is 0 Å². The summed E-state index contributed by atoms with van der Waals surface area (Å²) < 4.78 is 10.5. The molecular formula is C20H20N2O4. The number of amides is 2. The summed E-state index contributed by atoms with van der Waals surface area (Å²) in [5.74, 6) is 2.07. The molecule has 2 bridgehead atoms. The third-order valence-corrected chi connectivity index (χ3v) is 6.37. The molecule has 6 heteroatoms. The highest BCUT2D eigenvalue weighted by molar-refractivity contribution is 6.06. The fourth-order valence-electron chi connectivity index (χ4n) is 5.11. The molecule has 1 aliphatic heterocycles. The minimum Gasteiger partial charge on any atom is -0.493 e. The van der Waals surface area contributed by atoms with Crippen molar-refractivity contribution >= 4 is 18.0 Å². The van der Waals surface area contributed by atoms with Crippen molar-refractivity contribution in [3.05, 3.63) is 35.9 Å². The van der Waals surface area contributed by atoms with E-state index in [-0.39, 0.29) is 35.5 Å². The summed E-state index contributed by atoms with van der Waals surface area (Å²) in [6, 6.07) is 5.34. The van der Waals surface area contributed by atoms with Crippen LogP contribution in [0.4, 0.5) is 0 Å². The van der Waals surface area contributed by atoms with Crippen molar-refractivity contribution in [1.82, 2.24) is 5.01 Å². The molecule has 6 nitrogen and oxygen atoms in total. The predicted molar refractivity (Wildman–Crippen MR) is 93.7 cm³/mol. The van der Waals surface area contributed by atoms with E-state index in [0.717, 1.165) is 17.0 Å². The Hall–Kier alpha value is -2.63. The molecule has 2 saturated carbocycles. The second-order valence-corrected chi connectivity index (χ2v) is 7.50. The molecule has 4 aliphatic carbocycles. The van der Waals surface area contributed by atoms with Crippen LogP contribution in [-0.2, 0) is 9.59 Å². The van der Waals surface area contributed by atoms with E-state index in [1.807, 2.05) is 6.07 Å². The van der Waals surface area contributed by atoms with E-state index >= 15 is 0 Å². The van der Waals surface area contributed by atoms with Crippen molar-refractivity contribution in [3.63, 3.8) is 0 Å². The van der Waals surface area contributed by atoms with Gasteiger partial charge in [0.05, 0.1) is 32.3 Å². The molecule has 1 saturated heterocycles. The summed E-state index contributed by atoms with van der Waals surface area (Å²) >= 11 is 0. The van der Waals surface area contributed by atoms with Crippen LogP contribution in [0.15, 0.2) is 35.5 Å². The third kappa shape index (κ3) is 2.01. The lowest BCUT2D eigenvalue weighted by atomic mass is 9.63. The van der Waals surface area contributed by atoms with Crippen LogP contribution in [0.2, 0.25) is 0 Å². The predicted octanol–water partition coefficient (Wildman–Crippen LogP) is 2.09.